The standard InChI is InChI=1S/C17H23NOS/c1-11-4-7-16(12(2)8-11)17(19)18-13-5-6-14(18)10-15(9-13)20-3/h4,7-8,13-15H,5-6,9-10H2,1-3H3. The maximum Gasteiger partial charge on any atom is 0.254 e. The van der Waals surface area contributed by atoms with E-state index in [4.69, 9.17) is 0 Å². The molecule has 2 bridgehead atoms. The van der Waals surface area contributed by atoms with Gasteiger partial charge in [-0.3, -0.25) is 4.79 Å². The molecule has 0 saturated carbocycles. The van der Waals surface area contributed by atoms with Crippen molar-refractivity contribution < 1.29 is 4.79 Å². The van der Waals surface area contributed by atoms with Gasteiger partial charge in [-0.25, -0.2) is 0 Å². The summed E-state index contributed by atoms with van der Waals surface area (Å²) in [5, 5.41) is 0.746. The first-order valence-electron chi connectivity index (χ1n) is 7.53. The van der Waals surface area contributed by atoms with E-state index in [9.17, 15) is 4.79 Å². The fourth-order valence-corrected chi connectivity index (χ4v) is 4.67. The second-order valence-corrected chi connectivity index (χ2v) is 7.38. The number of hydrogen-bond acceptors (Lipinski definition) is 2. The summed E-state index contributed by atoms with van der Waals surface area (Å²) in [4.78, 5) is 15.1. The normalized spacial score (nSPS) is 28.8. The van der Waals surface area contributed by atoms with Gasteiger partial charge in [0.15, 0.2) is 0 Å². The number of piperidine rings is 1. The molecule has 3 rings (SSSR count). The predicted octanol–water partition coefficient (Wildman–Crippen LogP) is 3.80. The summed E-state index contributed by atoms with van der Waals surface area (Å²) in [6.45, 7) is 4.13. The Morgan fingerprint density at radius 1 is 1.20 bits per heavy atom. The highest BCUT2D eigenvalue weighted by molar-refractivity contribution is 7.99. The molecule has 2 fully saturated rings. The first kappa shape index (κ1) is 14.0. The Bertz CT molecular complexity index is 514. The monoisotopic (exact) mass is 289 g/mol. The molecule has 1 aromatic rings. The Balaban J connectivity index is 1.85. The Hall–Kier alpha value is -0.960. The highest BCUT2D eigenvalue weighted by Gasteiger charge is 2.43. The maximum absolute atomic E-state index is 12.9. The van der Waals surface area contributed by atoms with Crippen LogP contribution in [0.25, 0.3) is 0 Å². The number of benzene rings is 1. The fraction of sp³-hybridized carbons (Fsp3) is 0.588. The van der Waals surface area contributed by atoms with Crippen molar-refractivity contribution in [3.05, 3.63) is 34.9 Å². The van der Waals surface area contributed by atoms with E-state index in [2.05, 4.69) is 37.1 Å². The summed E-state index contributed by atoms with van der Waals surface area (Å²) in [7, 11) is 0. The Labute approximate surface area is 125 Å². The third-order valence-electron chi connectivity index (χ3n) is 4.87. The molecule has 2 nitrogen and oxygen atoms in total. The molecule has 2 aliphatic heterocycles. The summed E-state index contributed by atoms with van der Waals surface area (Å²) in [6.07, 6.45) is 6.94. The van der Waals surface area contributed by atoms with E-state index in [0.29, 0.717) is 12.1 Å². The zero-order valence-corrected chi connectivity index (χ0v) is 13.4. The van der Waals surface area contributed by atoms with Gasteiger partial charge in [-0.1, -0.05) is 17.7 Å². The number of nitrogens with zero attached hydrogens (tertiary/aromatic N) is 1. The average molecular weight is 289 g/mol. The first-order chi connectivity index (χ1) is 9.60. The number of fused-ring (bicyclic) bond motifs is 2. The van der Waals surface area contributed by atoms with Crippen LogP contribution in [-0.2, 0) is 0 Å². The topological polar surface area (TPSA) is 20.3 Å². The second-order valence-electron chi connectivity index (χ2n) is 6.24. The van der Waals surface area contributed by atoms with Crippen molar-refractivity contribution in [1.29, 1.82) is 0 Å². The quantitative estimate of drug-likeness (QED) is 0.825. The van der Waals surface area contributed by atoms with Gasteiger partial charge < -0.3 is 4.90 Å². The maximum atomic E-state index is 12.9. The Morgan fingerprint density at radius 3 is 2.40 bits per heavy atom. The van der Waals surface area contributed by atoms with E-state index in [1.54, 1.807) is 0 Å². The average Bonchev–Trinajstić information content (AvgIpc) is 2.68. The Morgan fingerprint density at radius 2 is 1.85 bits per heavy atom. The molecule has 1 aromatic carbocycles. The van der Waals surface area contributed by atoms with Crippen molar-refractivity contribution in [3.63, 3.8) is 0 Å². The third-order valence-corrected chi connectivity index (χ3v) is 5.92. The molecule has 0 aromatic heterocycles. The molecule has 2 saturated heterocycles. The van der Waals surface area contributed by atoms with Crippen LogP contribution < -0.4 is 0 Å². The van der Waals surface area contributed by atoms with Gasteiger partial charge in [-0.2, -0.15) is 11.8 Å². The van der Waals surface area contributed by atoms with Gasteiger partial charge >= 0.3 is 0 Å². The summed E-state index contributed by atoms with van der Waals surface area (Å²) < 4.78 is 0. The van der Waals surface area contributed by atoms with E-state index in [1.165, 1.54) is 31.2 Å². The number of hydrogen-bond donors (Lipinski definition) is 0. The molecule has 3 heteroatoms. The van der Waals surface area contributed by atoms with Crippen molar-refractivity contribution in [1.82, 2.24) is 4.90 Å². The van der Waals surface area contributed by atoms with E-state index < -0.39 is 0 Å². The molecule has 0 spiro atoms. The Kier molecular flexibility index (Phi) is 3.80. The zero-order valence-electron chi connectivity index (χ0n) is 12.6. The largest absolute Gasteiger partial charge is 0.333 e. The fourth-order valence-electron chi connectivity index (χ4n) is 3.84. The van der Waals surface area contributed by atoms with Crippen molar-refractivity contribution in [2.45, 2.75) is 56.9 Å². The summed E-state index contributed by atoms with van der Waals surface area (Å²) in [6, 6.07) is 7.12. The summed E-state index contributed by atoms with van der Waals surface area (Å²) in [5.74, 6) is 0.259. The van der Waals surface area contributed by atoms with E-state index in [-0.39, 0.29) is 5.91 Å². The van der Waals surface area contributed by atoms with Gasteiger partial charge in [0.25, 0.3) is 5.91 Å². The summed E-state index contributed by atoms with van der Waals surface area (Å²) >= 11 is 1.97. The molecular weight excluding hydrogens is 266 g/mol. The molecule has 2 unspecified atom stereocenters. The van der Waals surface area contributed by atoms with Crippen LogP contribution in [0.3, 0.4) is 0 Å². The zero-order chi connectivity index (χ0) is 14.3. The lowest BCUT2D eigenvalue weighted by Crippen LogP contribution is -2.47. The summed E-state index contributed by atoms with van der Waals surface area (Å²) in [5.41, 5.74) is 3.24. The van der Waals surface area contributed by atoms with Gasteiger partial charge in [-0.05, 0) is 57.4 Å². The van der Waals surface area contributed by atoms with Gasteiger partial charge in [0, 0.05) is 22.9 Å². The van der Waals surface area contributed by atoms with Crippen LogP contribution >= 0.6 is 11.8 Å². The van der Waals surface area contributed by atoms with Crippen LogP contribution in [0.15, 0.2) is 18.2 Å². The number of carbonyl (C=O) groups is 1. The number of aryl methyl sites for hydroxylation is 2. The molecule has 2 atom stereocenters. The van der Waals surface area contributed by atoms with Gasteiger partial charge in [-0.15, -0.1) is 0 Å². The lowest BCUT2D eigenvalue weighted by molar-refractivity contribution is 0.0601. The van der Waals surface area contributed by atoms with Crippen LogP contribution in [0.2, 0.25) is 0 Å². The van der Waals surface area contributed by atoms with Gasteiger partial charge in [0.1, 0.15) is 0 Å². The van der Waals surface area contributed by atoms with Gasteiger partial charge in [0.2, 0.25) is 0 Å². The molecule has 2 aliphatic rings. The number of rotatable bonds is 2. The number of carbonyl (C=O) groups excluding carboxylic acids is 1. The SMILES string of the molecule is CSC1CC2CCC(C1)N2C(=O)c1ccc(C)cc1C. The highest BCUT2D eigenvalue weighted by atomic mass is 32.2. The van der Waals surface area contributed by atoms with Crippen molar-refractivity contribution in [2.24, 2.45) is 0 Å². The lowest BCUT2D eigenvalue weighted by Gasteiger charge is -2.38. The van der Waals surface area contributed by atoms with Gasteiger partial charge in [0.05, 0.1) is 0 Å². The van der Waals surface area contributed by atoms with Crippen LogP contribution in [0.1, 0.15) is 47.2 Å². The van der Waals surface area contributed by atoms with E-state index in [0.717, 1.165) is 16.4 Å². The minimum atomic E-state index is 0.259. The molecule has 0 N–H and O–H groups in total. The molecule has 2 heterocycles. The number of thioether (sulfide) groups is 1. The van der Waals surface area contributed by atoms with Crippen molar-refractivity contribution in [3.8, 4) is 0 Å². The van der Waals surface area contributed by atoms with Crippen molar-refractivity contribution >= 4 is 17.7 Å². The molecule has 20 heavy (non-hydrogen) atoms. The predicted molar refractivity (Wildman–Crippen MR) is 85.4 cm³/mol. The van der Waals surface area contributed by atoms with E-state index in [1.807, 2.05) is 17.8 Å². The second kappa shape index (κ2) is 5.44. The number of amides is 1. The molecule has 108 valence electrons. The highest BCUT2D eigenvalue weighted by Crippen LogP contribution is 2.40. The minimum Gasteiger partial charge on any atom is -0.333 e. The molecule has 1 amide bonds. The van der Waals surface area contributed by atoms with Crippen LogP contribution in [-0.4, -0.2) is 34.4 Å². The van der Waals surface area contributed by atoms with Crippen LogP contribution in [0.4, 0.5) is 0 Å². The first-order valence-corrected chi connectivity index (χ1v) is 8.81. The molecule has 0 radical (unpaired) electrons. The smallest absolute Gasteiger partial charge is 0.254 e. The molecule has 0 aliphatic carbocycles. The third kappa shape index (κ3) is 2.37. The molecular formula is C17H23NOS. The minimum absolute atomic E-state index is 0.259. The van der Waals surface area contributed by atoms with Crippen LogP contribution in [0.5, 0.6) is 0 Å². The lowest BCUT2D eigenvalue weighted by atomic mass is 9.98. The van der Waals surface area contributed by atoms with Crippen molar-refractivity contribution in [2.75, 3.05) is 6.26 Å². The van der Waals surface area contributed by atoms with E-state index >= 15 is 0 Å². The van der Waals surface area contributed by atoms with Crippen LogP contribution in [0, 0.1) is 13.8 Å².